The van der Waals surface area contributed by atoms with Gasteiger partial charge in [-0.3, -0.25) is 9.36 Å². The SMILES string of the molecule is Cc1ccc2c(=O)c(N(C)c3ccccc3)c(Nc3ccccc3)n(-c3ccccc3)c2n1. The van der Waals surface area contributed by atoms with E-state index < -0.39 is 0 Å². The summed E-state index contributed by atoms with van der Waals surface area (Å²) in [6.07, 6.45) is 0. The molecule has 0 radical (unpaired) electrons. The summed E-state index contributed by atoms with van der Waals surface area (Å²) >= 11 is 0. The van der Waals surface area contributed by atoms with Crippen LogP contribution in [0, 0.1) is 6.92 Å². The van der Waals surface area contributed by atoms with Crippen molar-refractivity contribution in [3.05, 3.63) is 119 Å². The van der Waals surface area contributed by atoms with Crippen LogP contribution in [0.25, 0.3) is 16.7 Å². The maximum Gasteiger partial charge on any atom is 0.216 e. The molecule has 2 heterocycles. The summed E-state index contributed by atoms with van der Waals surface area (Å²) in [7, 11) is 1.92. The lowest BCUT2D eigenvalue weighted by Gasteiger charge is -2.27. The number of anilines is 4. The van der Waals surface area contributed by atoms with E-state index in [-0.39, 0.29) is 5.43 Å². The highest BCUT2D eigenvalue weighted by atomic mass is 16.1. The fourth-order valence-corrected chi connectivity index (χ4v) is 4.03. The fourth-order valence-electron chi connectivity index (χ4n) is 4.03. The molecular weight excluding hydrogens is 408 g/mol. The Kier molecular flexibility index (Phi) is 5.37. The molecule has 0 aliphatic heterocycles. The van der Waals surface area contributed by atoms with Crippen molar-refractivity contribution < 1.29 is 0 Å². The summed E-state index contributed by atoms with van der Waals surface area (Å²) in [6.45, 7) is 1.94. The Morgan fingerprint density at radius 2 is 1.39 bits per heavy atom. The molecule has 0 aliphatic rings. The van der Waals surface area contributed by atoms with Crippen LogP contribution in [0.5, 0.6) is 0 Å². The van der Waals surface area contributed by atoms with Crippen LogP contribution in [0.4, 0.5) is 22.9 Å². The molecule has 0 saturated carbocycles. The number of aryl methyl sites for hydroxylation is 1. The summed E-state index contributed by atoms with van der Waals surface area (Å²) < 4.78 is 2.03. The predicted octanol–water partition coefficient (Wildman–Crippen LogP) is 6.21. The van der Waals surface area contributed by atoms with Crippen molar-refractivity contribution in [1.82, 2.24) is 9.55 Å². The highest BCUT2D eigenvalue weighted by Gasteiger charge is 2.23. The molecule has 5 heteroatoms. The number of hydrogen-bond acceptors (Lipinski definition) is 4. The standard InChI is InChI=1S/C28H24N4O/c1-20-18-19-24-26(33)25(31(2)22-14-8-4-9-15-22)28(30-21-12-6-3-7-13-21)32(27(24)29-20)23-16-10-5-11-17-23/h3-19,30H,1-2H3. The quantitative estimate of drug-likeness (QED) is 0.359. The maximum absolute atomic E-state index is 13.9. The Morgan fingerprint density at radius 1 is 0.788 bits per heavy atom. The highest BCUT2D eigenvalue weighted by Crippen LogP contribution is 2.35. The van der Waals surface area contributed by atoms with Gasteiger partial charge in [-0.15, -0.1) is 0 Å². The van der Waals surface area contributed by atoms with E-state index in [0.717, 1.165) is 22.8 Å². The van der Waals surface area contributed by atoms with E-state index in [4.69, 9.17) is 4.98 Å². The summed E-state index contributed by atoms with van der Waals surface area (Å²) in [6, 6.07) is 33.5. The first-order chi connectivity index (χ1) is 16.1. The van der Waals surface area contributed by atoms with Crippen LogP contribution in [0.1, 0.15) is 5.69 Å². The molecular formula is C28H24N4O. The maximum atomic E-state index is 13.9. The number of pyridine rings is 2. The van der Waals surface area contributed by atoms with Gasteiger partial charge >= 0.3 is 0 Å². The van der Waals surface area contributed by atoms with Gasteiger partial charge in [-0.05, 0) is 55.5 Å². The van der Waals surface area contributed by atoms with E-state index in [9.17, 15) is 4.79 Å². The first-order valence-electron chi connectivity index (χ1n) is 10.9. The van der Waals surface area contributed by atoms with E-state index in [1.54, 1.807) is 0 Å². The molecule has 5 nitrogen and oxygen atoms in total. The number of rotatable bonds is 5. The number of fused-ring (bicyclic) bond motifs is 1. The summed E-state index contributed by atoms with van der Waals surface area (Å²) in [5.41, 5.74) is 4.67. The molecule has 0 amide bonds. The van der Waals surface area contributed by atoms with Crippen LogP contribution in [0.3, 0.4) is 0 Å². The van der Waals surface area contributed by atoms with Crippen molar-refractivity contribution in [3.8, 4) is 5.69 Å². The van der Waals surface area contributed by atoms with Gasteiger partial charge in [0.1, 0.15) is 17.2 Å². The van der Waals surface area contributed by atoms with Gasteiger partial charge < -0.3 is 10.2 Å². The minimum absolute atomic E-state index is 0.0746. The third kappa shape index (κ3) is 3.85. The number of benzene rings is 3. The summed E-state index contributed by atoms with van der Waals surface area (Å²) in [5.74, 6) is 0.661. The van der Waals surface area contributed by atoms with Crippen molar-refractivity contribution in [1.29, 1.82) is 0 Å². The molecule has 0 aliphatic carbocycles. The molecule has 162 valence electrons. The zero-order valence-electron chi connectivity index (χ0n) is 18.6. The lowest BCUT2D eigenvalue weighted by molar-refractivity contribution is 1.04. The van der Waals surface area contributed by atoms with E-state index >= 15 is 0 Å². The molecule has 2 aromatic heterocycles. The van der Waals surface area contributed by atoms with Gasteiger partial charge in [-0.2, -0.15) is 0 Å². The smallest absolute Gasteiger partial charge is 0.216 e. The van der Waals surface area contributed by atoms with Crippen molar-refractivity contribution in [2.24, 2.45) is 0 Å². The molecule has 3 aromatic carbocycles. The van der Waals surface area contributed by atoms with E-state index in [2.05, 4.69) is 5.32 Å². The van der Waals surface area contributed by atoms with Gasteiger partial charge in [-0.25, -0.2) is 4.98 Å². The van der Waals surface area contributed by atoms with Crippen molar-refractivity contribution in [3.63, 3.8) is 0 Å². The largest absolute Gasteiger partial charge is 0.339 e. The highest BCUT2D eigenvalue weighted by molar-refractivity contribution is 5.90. The van der Waals surface area contributed by atoms with Gasteiger partial charge in [0.2, 0.25) is 5.43 Å². The minimum Gasteiger partial charge on any atom is -0.339 e. The van der Waals surface area contributed by atoms with Crippen LogP contribution in [-0.2, 0) is 0 Å². The summed E-state index contributed by atoms with van der Waals surface area (Å²) in [5, 5.41) is 4.09. The zero-order valence-corrected chi connectivity index (χ0v) is 18.6. The van der Waals surface area contributed by atoms with Crippen LogP contribution < -0.4 is 15.6 Å². The third-order valence-electron chi connectivity index (χ3n) is 5.66. The number of nitrogens with one attached hydrogen (secondary N) is 1. The van der Waals surface area contributed by atoms with Crippen LogP contribution >= 0.6 is 0 Å². The first-order valence-corrected chi connectivity index (χ1v) is 10.9. The van der Waals surface area contributed by atoms with Crippen molar-refractivity contribution in [2.45, 2.75) is 6.92 Å². The summed E-state index contributed by atoms with van der Waals surface area (Å²) in [4.78, 5) is 20.6. The van der Waals surface area contributed by atoms with Crippen molar-refractivity contribution in [2.75, 3.05) is 17.3 Å². The van der Waals surface area contributed by atoms with E-state index in [1.165, 1.54) is 0 Å². The van der Waals surface area contributed by atoms with Crippen LogP contribution in [-0.4, -0.2) is 16.6 Å². The third-order valence-corrected chi connectivity index (χ3v) is 5.66. The molecule has 33 heavy (non-hydrogen) atoms. The van der Waals surface area contributed by atoms with Crippen molar-refractivity contribution >= 4 is 33.9 Å². The minimum atomic E-state index is -0.0746. The van der Waals surface area contributed by atoms with Gasteiger partial charge in [0.05, 0.1) is 5.39 Å². The lowest BCUT2D eigenvalue weighted by Crippen LogP contribution is -2.24. The number of para-hydroxylation sites is 3. The Bertz CT molecular complexity index is 1460. The molecule has 0 bridgehead atoms. The monoisotopic (exact) mass is 432 g/mol. The predicted molar refractivity (Wildman–Crippen MR) is 136 cm³/mol. The topological polar surface area (TPSA) is 50.2 Å². The van der Waals surface area contributed by atoms with Gasteiger partial charge in [0.25, 0.3) is 0 Å². The van der Waals surface area contributed by atoms with E-state index in [0.29, 0.717) is 22.5 Å². The molecule has 0 spiro atoms. The molecule has 1 N–H and O–H groups in total. The molecule has 0 fully saturated rings. The van der Waals surface area contributed by atoms with Gasteiger partial charge in [0.15, 0.2) is 0 Å². The average molecular weight is 433 g/mol. The van der Waals surface area contributed by atoms with Gasteiger partial charge in [-0.1, -0.05) is 54.6 Å². The second kappa shape index (κ2) is 8.63. The molecule has 5 rings (SSSR count). The van der Waals surface area contributed by atoms with Gasteiger partial charge in [0, 0.05) is 29.8 Å². The Hall–Kier alpha value is -4.38. The number of nitrogens with zero attached hydrogens (tertiary/aromatic N) is 3. The van der Waals surface area contributed by atoms with Crippen LogP contribution in [0.2, 0.25) is 0 Å². The lowest BCUT2D eigenvalue weighted by atomic mass is 10.1. The number of aromatic nitrogens is 2. The second-order valence-corrected chi connectivity index (χ2v) is 7.91. The molecule has 0 saturated heterocycles. The normalized spacial score (nSPS) is 10.8. The number of hydrogen-bond donors (Lipinski definition) is 1. The second-order valence-electron chi connectivity index (χ2n) is 7.91. The Morgan fingerprint density at radius 3 is 2.06 bits per heavy atom. The first kappa shape index (κ1) is 20.5. The zero-order chi connectivity index (χ0) is 22.8. The van der Waals surface area contributed by atoms with E-state index in [1.807, 2.05) is 127 Å². The fraction of sp³-hybridized carbons (Fsp3) is 0.0714. The molecule has 0 unspecified atom stereocenters. The Labute approximate surface area is 192 Å². The molecule has 0 atom stereocenters. The van der Waals surface area contributed by atoms with Crippen LogP contribution in [0.15, 0.2) is 108 Å². The average Bonchev–Trinajstić information content (AvgIpc) is 2.86. The molecule has 5 aromatic rings. The Balaban J connectivity index is 1.90.